The Balaban J connectivity index is 4.34. The van der Waals surface area contributed by atoms with Crippen LogP contribution in [-0.2, 0) is 13.8 Å². The average Bonchev–Trinajstić information content (AvgIpc) is 3.15. The second-order valence-corrected chi connectivity index (χ2v) is 17.6. The summed E-state index contributed by atoms with van der Waals surface area (Å²) in [6.07, 6.45) is 44.6. The van der Waals surface area contributed by atoms with Gasteiger partial charge in [0.2, 0.25) is 0 Å². The van der Waals surface area contributed by atoms with Crippen LogP contribution in [0.15, 0.2) is 0 Å². The van der Waals surface area contributed by atoms with E-state index in [4.69, 9.17) is 13.8 Å². The van der Waals surface area contributed by atoms with Crippen LogP contribution in [0, 0.1) is 5.41 Å². The van der Waals surface area contributed by atoms with Crippen molar-refractivity contribution in [3.05, 3.63) is 0 Å². The summed E-state index contributed by atoms with van der Waals surface area (Å²) in [6, 6.07) is 0. The van der Waals surface area contributed by atoms with E-state index < -0.39 is 28.7 Å². The van der Waals surface area contributed by atoms with Crippen molar-refractivity contribution in [1.82, 2.24) is 0 Å². The first-order chi connectivity index (χ1) is 25.9. The molecule has 0 bridgehead atoms. The number of rotatable bonds is 45. The van der Waals surface area contributed by atoms with Crippen molar-refractivity contribution in [3.63, 3.8) is 0 Å². The van der Waals surface area contributed by atoms with E-state index in [0.29, 0.717) is 13.0 Å². The van der Waals surface area contributed by atoms with E-state index in [1.54, 1.807) is 0 Å². The van der Waals surface area contributed by atoms with Crippen molar-refractivity contribution in [2.45, 2.75) is 245 Å². The summed E-state index contributed by atoms with van der Waals surface area (Å²) >= 11 is 0. The van der Waals surface area contributed by atoms with Crippen LogP contribution in [0.4, 0.5) is 0 Å². The molecule has 1 atom stereocenters. The number of unbranched alkanes of at least 4 members (excludes halogenated alkanes) is 32. The summed E-state index contributed by atoms with van der Waals surface area (Å²) in [4.78, 5) is 37.9. The molecular formula is C43H90O8P2. The van der Waals surface area contributed by atoms with Crippen LogP contribution in [-0.4, -0.2) is 57.2 Å². The standard InChI is InChI=1S/C43H90O8P2/c1-3-5-7-9-11-13-15-17-19-21-23-25-27-29-31-33-35-37-42(43(39-44,40-50-52(45)46)41-51-53(47)48)49-38-36-34-32-30-28-26-24-22-20-18-16-14-12-10-8-6-4-2/h42,44-48H,3-41H2,1-2H3. The molecule has 0 aliphatic carbocycles. The number of ether oxygens (including phenoxy) is 1. The van der Waals surface area contributed by atoms with Crippen molar-refractivity contribution in [2.24, 2.45) is 5.41 Å². The van der Waals surface area contributed by atoms with Gasteiger partial charge in [-0.2, -0.15) is 0 Å². The molecule has 5 N–H and O–H groups in total. The molecule has 0 fully saturated rings. The molecule has 0 aliphatic heterocycles. The first kappa shape index (κ1) is 53.5. The highest BCUT2D eigenvalue weighted by atomic mass is 31.2. The molecule has 8 nitrogen and oxygen atoms in total. The Kier molecular flexibility index (Phi) is 42.6. The van der Waals surface area contributed by atoms with Gasteiger partial charge in [-0.1, -0.05) is 226 Å². The van der Waals surface area contributed by atoms with E-state index in [0.717, 1.165) is 32.1 Å². The van der Waals surface area contributed by atoms with Crippen LogP contribution in [0.5, 0.6) is 0 Å². The topological polar surface area (TPSA) is 129 Å². The Bertz CT molecular complexity index is 691. The molecule has 0 aromatic carbocycles. The monoisotopic (exact) mass is 797 g/mol. The Labute approximate surface area is 331 Å². The molecule has 0 saturated heterocycles. The summed E-state index contributed by atoms with van der Waals surface area (Å²) < 4.78 is 16.8. The van der Waals surface area contributed by atoms with Crippen molar-refractivity contribution in [1.29, 1.82) is 0 Å². The van der Waals surface area contributed by atoms with Gasteiger partial charge in [-0.3, -0.25) is 0 Å². The summed E-state index contributed by atoms with van der Waals surface area (Å²) in [6.45, 7) is 4.30. The van der Waals surface area contributed by atoms with Crippen LogP contribution >= 0.6 is 17.2 Å². The minimum atomic E-state index is -2.63. The first-order valence-electron chi connectivity index (χ1n) is 22.8. The van der Waals surface area contributed by atoms with Crippen molar-refractivity contribution >= 4 is 17.2 Å². The molecule has 0 amide bonds. The lowest BCUT2D eigenvalue weighted by Gasteiger charge is -2.38. The van der Waals surface area contributed by atoms with Crippen molar-refractivity contribution in [3.8, 4) is 0 Å². The second-order valence-electron chi connectivity index (χ2n) is 16.0. The van der Waals surface area contributed by atoms with Gasteiger partial charge in [0.1, 0.15) is 0 Å². The Morgan fingerprint density at radius 2 is 0.660 bits per heavy atom. The fourth-order valence-electron chi connectivity index (χ4n) is 7.47. The first-order valence-corrected chi connectivity index (χ1v) is 25.1. The van der Waals surface area contributed by atoms with Gasteiger partial charge >= 0.3 is 17.2 Å². The summed E-state index contributed by atoms with van der Waals surface area (Å²) in [5.74, 6) is 0. The molecule has 0 rings (SSSR count). The number of hydrogen-bond acceptors (Lipinski definition) is 8. The maximum Gasteiger partial charge on any atom is 0.327 e. The smallest absolute Gasteiger partial charge is 0.327 e. The molecule has 0 spiro atoms. The van der Waals surface area contributed by atoms with Crippen molar-refractivity contribution in [2.75, 3.05) is 26.4 Å². The highest BCUT2D eigenvalue weighted by Gasteiger charge is 2.41. The highest BCUT2D eigenvalue weighted by molar-refractivity contribution is 7.39. The molecule has 0 aromatic rings. The number of aliphatic hydroxyl groups is 1. The van der Waals surface area contributed by atoms with Crippen LogP contribution < -0.4 is 0 Å². The van der Waals surface area contributed by atoms with Crippen LogP contribution in [0.3, 0.4) is 0 Å². The van der Waals surface area contributed by atoms with Gasteiger partial charge in [0.15, 0.2) is 0 Å². The molecule has 1 unspecified atom stereocenters. The zero-order chi connectivity index (χ0) is 38.9. The normalized spacial score (nSPS) is 12.8. The lowest BCUT2D eigenvalue weighted by Crippen LogP contribution is -2.47. The van der Waals surface area contributed by atoms with E-state index in [1.807, 2.05) is 0 Å². The van der Waals surface area contributed by atoms with Crippen LogP contribution in [0.2, 0.25) is 0 Å². The maximum absolute atomic E-state index is 10.5. The third kappa shape index (κ3) is 36.6. The molecule has 0 heterocycles. The van der Waals surface area contributed by atoms with Gasteiger partial charge in [0.25, 0.3) is 0 Å². The van der Waals surface area contributed by atoms with Gasteiger partial charge in [0.05, 0.1) is 31.3 Å². The Hall–Kier alpha value is 0.540. The predicted molar refractivity (Wildman–Crippen MR) is 227 cm³/mol. The number of hydrogen-bond donors (Lipinski definition) is 5. The molecule has 53 heavy (non-hydrogen) atoms. The molecule has 0 saturated carbocycles. The van der Waals surface area contributed by atoms with E-state index >= 15 is 0 Å². The third-order valence-corrected chi connectivity index (χ3v) is 11.8. The van der Waals surface area contributed by atoms with Gasteiger partial charge in [0, 0.05) is 6.61 Å². The third-order valence-electron chi connectivity index (χ3n) is 11.1. The highest BCUT2D eigenvalue weighted by Crippen LogP contribution is 2.38. The predicted octanol–water partition coefficient (Wildman–Crippen LogP) is 13.5. The second kappa shape index (κ2) is 42.2. The fraction of sp³-hybridized carbons (Fsp3) is 1.00. The SMILES string of the molecule is CCCCCCCCCCCCCCCCCCCOC(CCCCCCCCCCCCCCCCCCC)C(CO)(COP(O)O)COP(O)O. The lowest BCUT2D eigenvalue weighted by atomic mass is 9.81. The van der Waals surface area contributed by atoms with Gasteiger partial charge < -0.3 is 38.5 Å². The maximum atomic E-state index is 10.5. The quantitative estimate of drug-likeness (QED) is 0.0304. The van der Waals surface area contributed by atoms with E-state index in [1.165, 1.54) is 186 Å². The fourth-order valence-corrected chi connectivity index (χ4v) is 8.21. The Morgan fingerprint density at radius 1 is 0.396 bits per heavy atom. The minimum absolute atomic E-state index is 0.200. The number of aliphatic hydroxyl groups excluding tert-OH is 1. The molecule has 10 heteroatoms. The Morgan fingerprint density at radius 3 is 0.925 bits per heavy atom. The van der Waals surface area contributed by atoms with Crippen LogP contribution in [0.1, 0.15) is 239 Å². The summed E-state index contributed by atoms with van der Waals surface area (Å²) in [5.41, 5.74) is -1.12. The van der Waals surface area contributed by atoms with E-state index in [9.17, 15) is 24.7 Å². The molecule has 320 valence electrons. The molecule has 0 aromatic heterocycles. The van der Waals surface area contributed by atoms with Gasteiger partial charge in [-0.05, 0) is 12.8 Å². The van der Waals surface area contributed by atoms with Gasteiger partial charge in [-0.15, -0.1) is 0 Å². The largest absolute Gasteiger partial charge is 0.396 e. The summed E-state index contributed by atoms with van der Waals surface area (Å²) in [5, 5.41) is 10.5. The molecule has 0 radical (unpaired) electrons. The molecule has 0 aliphatic rings. The van der Waals surface area contributed by atoms with E-state index in [-0.39, 0.29) is 19.8 Å². The zero-order valence-corrected chi connectivity index (χ0v) is 36.8. The summed E-state index contributed by atoms with van der Waals surface area (Å²) in [7, 11) is -5.27. The zero-order valence-electron chi connectivity index (χ0n) is 35.0. The van der Waals surface area contributed by atoms with E-state index in [2.05, 4.69) is 13.8 Å². The van der Waals surface area contributed by atoms with Gasteiger partial charge in [-0.25, -0.2) is 0 Å². The van der Waals surface area contributed by atoms with Crippen LogP contribution in [0.25, 0.3) is 0 Å². The lowest BCUT2D eigenvalue weighted by molar-refractivity contribution is -0.111. The van der Waals surface area contributed by atoms with Crippen molar-refractivity contribution < 1.29 is 38.5 Å². The minimum Gasteiger partial charge on any atom is -0.396 e. The molecular weight excluding hydrogens is 706 g/mol. The average molecular weight is 797 g/mol.